The number of amides is 2. The molecule has 140 valence electrons. The average molecular weight is 388 g/mol. The van der Waals surface area contributed by atoms with E-state index in [0.717, 1.165) is 16.5 Å². The van der Waals surface area contributed by atoms with E-state index in [4.69, 9.17) is 0 Å². The number of carbonyl (C=O) groups is 2. The van der Waals surface area contributed by atoms with E-state index in [0.29, 0.717) is 6.54 Å². The van der Waals surface area contributed by atoms with Crippen LogP contribution in [0.25, 0.3) is 0 Å². The predicted molar refractivity (Wildman–Crippen MR) is 100 cm³/mol. The first-order chi connectivity index (χ1) is 11.8. The number of hydrogen-bond donors (Lipinski definition) is 2. The molecule has 25 heavy (non-hydrogen) atoms. The second-order valence-electron chi connectivity index (χ2n) is 5.44. The van der Waals surface area contributed by atoms with Crippen LogP contribution in [-0.2, 0) is 14.8 Å². The number of rotatable bonds is 9. The van der Waals surface area contributed by atoms with Gasteiger partial charge in [0.25, 0.3) is 5.91 Å². The first kappa shape index (κ1) is 21.5. The van der Waals surface area contributed by atoms with Crippen LogP contribution < -0.4 is 10.6 Å². The van der Waals surface area contributed by atoms with Gasteiger partial charge in [-0.2, -0.15) is 16.1 Å². The molecule has 0 aliphatic rings. The maximum absolute atomic E-state index is 12.7. The standard InChI is InChI=1S/C16H25N3O4S2/c1-12(15(20)17-2)19(3)25(22,23)14-8-5-7-13(11-14)16(21)18-9-6-10-24-4/h5,7-8,11-12H,6,9-10H2,1-4H3,(H,17,20)(H,18,21)/t12-/m1/s1. The molecular formula is C16H25N3O4S2. The second-order valence-corrected chi connectivity index (χ2v) is 8.42. The Kier molecular flexibility index (Phi) is 8.40. The zero-order valence-electron chi connectivity index (χ0n) is 14.9. The molecule has 9 heteroatoms. The Morgan fingerprint density at radius 2 is 2.00 bits per heavy atom. The molecule has 0 heterocycles. The van der Waals surface area contributed by atoms with Crippen molar-refractivity contribution in [3.8, 4) is 0 Å². The number of sulfonamides is 1. The van der Waals surface area contributed by atoms with Crippen LogP contribution in [0.15, 0.2) is 29.2 Å². The highest BCUT2D eigenvalue weighted by molar-refractivity contribution is 7.98. The number of thioether (sulfide) groups is 1. The molecule has 0 bridgehead atoms. The van der Waals surface area contributed by atoms with E-state index in [1.807, 2.05) is 6.26 Å². The third-order valence-electron chi connectivity index (χ3n) is 3.76. The first-order valence-corrected chi connectivity index (χ1v) is 10.7. The van der Waals surface area contributed by atoms with Gasteiger partial charge in [-0.3, -0.25) is 9.59 Å². The smallest absolute Gasteiger partial charge is 0.251 e. The van der Waals surface area contributed by atoms with Gasteiger partial charge in [-0.05, 0) is 43.6 Å². The van der Waals surface area contributed by atoms with Crippen molar-refractivity contribution in [2.75, 3.05) is 32.6 Å². The van der Waals surface area contributed by atoms with E-state index in [1.54, 1.807) is 17.8 Å². The quantitative estimate of drug-likeness (QED) is 0.615. The van der Waals surface area contributed by atoms with Crippen molar-refractivity contribution >= 4 is 33.6 Å². The summed E-state index contributed by atoms with van der Waals surface area (Å²) in [6.45, 7) is 2.03. The summed E-state index contributed by atoms with van der Waals surface area (Å²) in [4.78, 5) is 23.8. The maximum Gasteiger partial charge on any atom is 0.251 e. The van der Waals surface area contributed by atoms with Crippen LogP contribution in [0.1, 0.15) is 23.7 Å². The van der Waals surface area contributed by atoms with Gasteiger partial charge in [0.15, 0.2) is 0 Å². The molecule has 0 fully saturated rings. The van der Waals surface area contributed by atoms with Gasteiger partial charge in [-0.15, -0.1) is 0 Å². The maximum atomic E-state index is 12.7. The molecule has 0 spiro atoms. The number of benzene rings is 1. The minimum absolute atomic E-state index is 0.0254. The molecule has 0 aliphatic heterocycles. The van der Waals surface area contributed by atoms with E-state index in [-0.39, 0.29) is 16.4 Å². The first-order valence-electron chi connectivity index (χ1n) is 7.82. The molecular weight excluding hydrogens is 362 g/mol. The fourth-order valence-electron chi connectivity index (χ4n) is 2.07. The zero-order chi connectivity index (χ0) is 19.0. The van der Waals surface area contributed by atoms with Gasteiger partial charge in [0, 0.05) is 26.2 Å². The lowest BCUT2D eigenvalue weighted by Crippen LogP contribution is -2.44. The highest BCUT2D eigenvalue weighted by atomic mass is 32.2. The van der Waals surface area contributed by atoms with Gasteiger partial charge in [0.05, 0.1) is 4.90 Å². The molecule has 2 N–H and O–H groups in total. The van der Waals surface area contributed by atoms with Crippen LogP contribution in [0.5, 0.6) is 0 Å². The average Bonchev–Trinajstić information content (AvgIpc) is 2.63. The molecule has 0 unspecified atom stereocenters. The SMILES string of the molecule is CNC(=O)[C@@H](C)N(C)S(=O)(=O)c1cccc(C(=O)NCCCSC)c1. The molecule has 0 aromatic heterocycles. The molecule has 0 saturated carbocycles. The Morgan fingerprint density at radius 3 is 2.60 bits per heavy atom. The van der Waals surface area contributed by atoms with Crippen molar-refractivity contribution in [1.82, 2.24) is 14.9 Å². The summed E-state index contributed by atoms with van der Waals surface area (Å²) in [5, 5.41) is 5.19. The van der Waals surface area contributed by atoms with E-state index in [2.05, 4.69) is 10.6 Å². The summed E-state index contributed by atoms with van der Waals surface area (Å²) in [5.41, 5.74) is 0.270. The second kappa shape index (κ2) is 9.79. The van der Waals surface area contributed by atoms with Crippen molar-refractivity contribution in [3.05, 3.63) is 29.8 Å². The van der Waals surface area contributed by atoms with E-state index in [1.165, 1.54) is 39.2 Å². The lowest BCUT2D eigenvalue weighted by atomic mass is 10.2. The van der Waals surface area contributed by atoms with Gasteiger partial charge in [-0.1, -0.05) is 6.07 Å². The van der Waals surface area contributed by atoms with Gasteiger partial charge < -0.3 is 10.6 Å². The Labute approximate surface area is 153 Å². The molecule has 1 aromatic carbocycles. The van der Waals surface area contributed by atoms with Crippen LogP contribution >= 0.6 is 11.8 Å². The summed E-state index contributed by atoms with van der Waals surface area (Å²) in [7, 11) is -1.11. The highest BCUT2D eigenvalue weighted by Crippen LogP contribution is 2.18. The van der Waals surface area contributed by atoms with Crippen molar-refractivity contribution in [2.24, 2.45) is 0 Å². The summed E-state index contributed by atoms with van der Waals surface area (Å²) < 4.78 is 26.3. The largest absolute Gasteiger partial charge is 0.358 e. The van der Waals surface area contributed by atoms with Gasteiger partial charge >= 0.3 is 0 Å². The summed E-state index contributed by atoms with van der Waals surface area (Å²) in [5.74, 6) is 0.213. The third kappa shape index (κ3) is 5.72. The van der Waals surface area contributed by atoms with Crippen molar-refractivity contribution in [3.63, 3.8) is 0 Å². The predicted octanol–water partition coefficient (Wildman–Crippen LogP) is 0.924. The van der Waals surface area contributed by atoms with Crippen LogP contribution in [0, 0.1) is 0 Å². The van der Waals surface area contributed by atoms with E-state index < -0.39 is 22.0 Å². The number of nitrogens with zero attached hydrogens (tertiary/aromatic N) is 1. The van der Waals surface area contributed by atoms with Gasteiger partial charge in [0.1, 0.15) is 6.04 Å². The Morgan fingerprint density at radius 1 is 1.32 bits per heavy atom. The minimum Gasteiger partial charge on any atom is -0.358 e. The lowest BCUT2D eigenvalue weighted by molar-refractivity contribution is -0.123. The van der Waals surface area contributed by atoms with Gasteiger partial charge in [0.2, 0.25) is 15.9 Å². The van der Waals surface area contributed by atoms with Crippen LogP contribution in [0.3, 0.4) is 0 Å². The summed E-state index contributed by atoms with van der Waals surface area (Å²) in [6, 6.07) is 4.95. The number of hydrogen-bond acceptors (Lipinski definition) is 5. The molecule has 1 aromatic rings. The summed E-state index contributed by atoms with van der Waals surface area (Å²) in [6.07, 6.45) is 2.84. The van der Waals surface area contributed by atoms with Crippen LogP contribution in [-0.4, -0.2) is 63.2 Å². The summed E-state index contributed by atoms with van der Waals surface area (Å²) >= 11 is 1.70. The highest BCUT2D eigenvalue weighted by Gasteiger charge is 2.29. The molecule has 0 saturated heterocycles. The fourth-order valence-corrected chi connectivity index (χ4v) is 3.87. The molecule has 1 rings (SSSR count). The fraction of sp³-hybridized carbons (Fsp3) is 0.500. The van der Waals surface area contributed by atoms with Crippen LogP contribution in [0.4, 0.5) is 0 Å². The lowest BCUT2D eigenvalue weighted by Gasteiger charge is -2.23. The Bertz CT molecular complexity index is 707. The van der Waals surface area contributed by atoms with E-state index in [9.17, 15) is 18.0 Å². The number of likely N-dealkylation sites (N-methyl/N-ethyl adjacent to an activating group) is 2. The Balaban J connectivity index is 2.95. The minimum atomic E-state index is -3.89. The van der Waals surface area contributed by atoms with Crippen molar-refractivity contribution in [2.45, 2.75) is 24.3 Å². The number of nitrogens with one attached hydrogen (secondary N) is 2. The van der Waals surface area contributed by atoms with Crippen LogP contribution in [0.2, 0.25) is 0 Å². The normalized spacial score (nSPS) is 12.7. The molecule has 0 radical (unpaired) electrons. The van der Waals surface area contributed by atoms with E-state index >= 15 is 0 Å². The van der Waals surface area contributed by atoms with Gasteiger partial charge in [-0.25, -0.2) is 8.42 Å². The third-order valence-corrected chi connectivity index (χ3v) is 6.38. The molecule has 1 atom stereocenters. The Hall–Kier alpha value is -1.58. The molecule has 2 amide bonds. The van der Waals surface area contributed by atoms with Crippen molar-refractivity contribution < 1.29 is 18.0 Å². The van der Waals surface area contributed by atoms with Crippen molar-refractivity contribution in [1.29, 1.82) is 0 Å². The topological polar surface area (TPSA) is 95.6 Å². The number of carbonyl (C=O) groups excluding carboxylic acids is 2. The molecule has 0 aliphatic carbocycles. The zero-order valence-corrected chi connectivity index (χ0v) is 16.5. The molecule has 7 nitrogen and oxygen atoms in total. The monoisotopic (exact) mass is 387 g/mol.